The van der Waals surface area contributed by atoms with Crippen LogP contribution in [0, 0.1) is 17.6 Å². The molecule has 2 aliphatic rings. The summed E-state index contributed by atoms with van der Waals surface area (Å²) in [5.41, 5.74) is 6.26. The Kier molecular flexibility index (Phi) is 4.22. The predicted molar refractivity (Wildman–Crippen MR) is 94.6 cm³/mol. The first kappa shape index (κ1) is 18.0. The SMILES string of the molecule is CC[C@@H](O[C@]12CC1C[C@H](C)c1cc(-c3c(F)cccc3F)nnc12)C(N)=O. The largest absolute Gasteiger partial charge is 0.367 e. The highest BCUT2D eigenvalue weighted by molar-refractivity contribution is 5.78. The number of hydrogen-bond acceptors (Lipinski definition) is 4. The summed E-state index contributed by atoms with van der Waals surface area (Å²) in [6.07, 6.45) is 1.38. The van der Waals surface area contributed by atoms with E-state index in [2.05, 4.69) is 17.1 Å². The Morgan fingerprint density at radius 2 is 2.07 bits per heavy atom. The van der Waals surface area contributed by atoms with Gasteiger partial charge in [-0.05, 0) is 54.9 Å². The molecule has 1 saturated carbocycles. The van der Waals surface area contributed by atoms with Gasteiger partial charge in [-0.3, -0.25) is 4.79 Å². The van der Waals surface area contributed by atoms with E-state index in [1.807, 2.05) is 6.92 Å². The van der Waals surface area contributed by atoms with Gasteiger partial charge < -0.3 is 10.5 Å². The number of carbonyl (C=O) groups excluding carboxylic acids is 1. The number of primary amides is 1. The van der Waals surface area contributed by atoms with Crippen LogP contribution < -0.4 is 5.73 Å². The lowest BCUT2D eigenvalue weighted by molar-refractivity contribution is -0.138. The van der Waals surface area contributed by atoms with Gasteiger partial charge in [-0.1, -0.05) is 19.9 Å². The van der Waals surface area contributed by atoms with Gasteiger partial charge in [-0.15, -0.1) is 5.10 Å². The molecule has 0 bridgehead atoms. The molecule has 1 amide bonds. The van der Waals surface area contributed by atoms with Gasteiger partial charge in [0.15, 0.2) is 0 Å². The van der Waals surface area contributed by atoms with Gasteiger partial charge in [0.1, 0.15) is 23.3 Å². The molecule has 0 radical (unpaired) electrons. The van der Waals surface area contributed by atoms with Crippen molar-refractivity contribution in [2.24, 2.45) is 11.7 Å². The molecule has 0 spiro atoms. The monoisotopic (exact) mass is 373 g/mol. The molecule has 1 fully saturated rings. The van der Waals surface area contributed by atoms with Gasteiger partial charge in [0.05, 0.1) is 17.0 Å². The van der Waals surface area contributed by atoms with Gasteiger partial charge in [-0.2, -0.15) is 5.10 Å². The van der Waals surface area contributed by atoms with Crippen molar-refractivity contribution in [3.8, 4) is 11.3 Å². The van der Waals surface area contributed by atoms with Crippen molar-refractivity contribution < 1.29 is 18.3 Å². The summed E-state index contributed by atoms with van der Waals surface area (Å²) >= 11 is 0. The molecule has 27 heavy (non-hydrogen) atoms. The molecule has 4 rings (SSSR count). The molecule has 1 aromatic carbocycles. The molecule has 1 heterocycles. The summed E-state index contributed by atoms with van der Waals surface area (Å²) in [6.45, 7) is 3.89. The Morgan fingerprint density at radius 1 is 1.37 bits per heavy atom. The molecule has 7 heteroatoms. The molecule has 2 aromatic rings. The normalized spacial score (nSPS) is 26.8. The van der Waals surface area contributed by atoms with Gasteiger partial charge >= 0.3 is 0 Å². The maximum absolute atomic E-state index is 14.1. The van der Waals surface area contributed by atoms with Crippen molar-refractivity contribution in [2.75, 3.05) is 0 Å². The zero-order valence-electron chi connectivity index (χ0n) is 15.2. The van der Waals surface area contributed by atoms with Gasteiger partial charge in [0.2, 0.25) is 5.91 Å². The summed E-state index contributed by atoms with van der Waals surface area (Å²) in [4.78, 5) is 11.6. The van der Waals surface area contributed by atoms with Crippen LogP contribution in [0.25, 0.3) is 11.3 Å². The highest BCUT2D eigenvalue weighted by atomic mass is 19.1. The Labute approximate surface area is 155 Å². The van der Waals surface area contributed by atoms with Crippen LogP contribution >= 0.6 is 0 Å². The molecule has 2 N–H and O–H groups in total. The number of rotatable bonds is 5. The lowest BCUT2D eigenvalue weighted by Gasteiger charge is -2.30. The van der Waals surface area contributed by atoms with E-state index >= 15 is 0 Å². The van der Waals surface area contributed by atoms with Gasteiger partial charge in [0, 0.05) is 0 Å². The Hall–Kier alpha value is -2.41. The van der Waals surface area contributed by atoms with E-state index in [0.29, 0.717) is 12.1 Å². The number of amides is 1. The van der Waals surface area contributed by atoms with Crippen LogP contribution in [0.5, 0.6) is 0 Å². The lowest BCUT2D eigenvalue weighted by atomic mass is 9.85. The number of ether oxygens (including phenoxy) is 1. The molecule has 1 aromatic heterocycles. The number of aromatic nitrogens is 2. The number of fused-ring (bicyclic) bond motifs is 3. The summed E-state index contributed by atoms with van der Waals surface area (Å²) in [5.74, 6) is -1.46. The van der Waals surface area contributed by atoms with E-state index in [1.165, 1.54) is 18.2 Å². The van der Waals surface area contributed by atoms with E-state index in [4.69, 9.17) is 10.5 Å². The van der Waals surface area contributed by atoms with E-state index in [1.54, 1.807) is 6.07 Å². The van der Waals surface area contributed by atoms with Crippen LogP contribution in [0.4, 0.5) is 8.78 Å². The molecule has 5 nitrogen and oxygen atoms in total. The fraction of sp³-hybridized carbons (Fsp3) is 0.450. The van der Waals surface area contributed by atoms with Crippen molar-refractivity contribution in [3.63, 3.8) is 0 Å². The third-order valence-electron chi connectivity index (χ3n) is 5.70. The number of nitrogens with zero attached hydrogens (tertiary/aromatic N) is 2. The fourth-order valence-corrected chi connectivity index (χ4v) is 4.20. The first-order valence-corrected chi connectivity index (χ1v) is 9.17. The molecule has 0 aliphatic heterocycles. The standard InChI is InChI=1S/C20H21F2N3O2/c1-3-16(19(23)26)27-20-9-11(20)7-10(2)12-8-15(24-25-18(12)20)17-13(21)5-4-6-14(17)22/h4-6,8,10-11,16H,3,7,9H2,1-2H3,(H2,23,26)/t10-,11?,16+,20+/m0/s1. The third kappa shape index (κ3) is 2.81. The van der Waals surface area contributed by atoms with Crippen molar-refractivity contribution in [1.82, 2.24) is 10.2 Å². The molecule has 142 valence electrons. The minimum atomic E-state index is -0.693. The number of halogens is 2. The topological polar surface area (TPSA) is 78.1 Å². The van der Waals surface area contributed by atoms with Crippen molar-refractivity contribution in [1.29, 1.82) is 0 Å². The number of nitrogens with two attached hydrogens (primary N) is 1. The summed E-state index contributed by atoms with van der Waals surface area (Å²) in [7, 11) is 0. The highest BCUT2D eigenvalue weighted by Gasteiger charge is 2.63. The van der Waals surface area contributed by atoms with Crippen LogP contribution in [0.15, 0.2) is 24.3 Å². The van der Waals surface area contributed by atoms with Crippen LogP contribution in [-0.2, 0) is 15.1 Å². The fourth-order valence-electron chi connectivity index (χ4n) is 4.20. The second-order valence-corrected chi connectivity index (χ2v) is 7.47. The van der Waals surface area contributed by atoms with E-state index in [9.17, 15) is 13.6 Å². The van der Waals surface area contributed by atoms with Crippen LogP contribution in [0.3, 0.4) is 0 Å². The Morgan fingerprint density at radius 3 is 2.70 bits per heavy atom. The highest BCUT2D eigenvalue weighted by Crippen LogP contribution is 2.63. The number of hydrogen-bond donors (Lipinski definition) is 1. The molecule has 1 unspecified atom stereocenters. The smallest absolute Gasteiger partial charge is 0.246 e. The Balaban J connectivity index is 1.77. The minimum Gasteiger partial charge on any atom is -0.367 e. The maximum atomic E-state index is 14.1. The van der Waals surface area contributed by atoms with Crippen molar-refractivity contribution in [2.45, 2.75) is 50.7 Å². The second kappa shape index (κ2) is 6.34. The first-order valence-electron chi connectivity index (χ1n) is 9.17. The van der Waals surface area contributed by atoms with Crippen LogP contribution in [0.1, 0.15) is 50.3 Å². The van der Waals surface area contributed by atoms with Crippen LogP contribution in [-0.4, -0.2) is 22.2 Å². The maximum Gasteiger partial charge on any atom is 0.246 e. The van der Waals surface area contributed by atoms with Gasteiger partial charge in [0.25, 0.3) is 0 Å². The number of benzene rings is 1. The zero-order chi connectivity index (χ0) is 19.3. The average molecular weight is 373 g/mol. The summed E-state index contributed by atoms with van der Waals surface area (Å²) < 4.78 is 34.4. The molecule has 4 atom stereocenters. The lowest BCUT2D eigenvalue weighted by Crippen LogP contribution is -2.37. The predicted octanol–water partition coefficient (Wildman–Crippen LogP) is 3.42. The summed E-state index contributed by atoms with van der Waals surface area (Å²) in [6, 6.07) is 5.40. The van der Waals surface area contributed by atoms with Gasteiger partial charge in [-0.25, -0.2) is 8.78 Å². The zero-order valence-corrected chi connectivity index (χ0v) is 15.2. The minimum absolute atomic E-state index is 0.155. The van der Waals surface area contributed by atoms with E-state index in [-0.39, 0.29) is 23.1 Å². The molecule has 0 saturated heterocycles. The second-order valence-electron chi connectivity index (χ2n) is 7.47. The average Bonchev–Trinajstić information content (AvgIpc) is 3.33. The number of carbonyl (C=O) groups is 1. The van der Waals surface area contributed by atoms with E-state index in [0.717, 1.165) is 18.4 Å². The van der Waals surface area contributed by atoms with Crippen molar-refractivity contribution >= 4 is 5.91 Å². The molecule has 2 aliphatic carbocycles. The summed E-state index contributed by atoms with van der Waals surface area (Å²) in [5, 5.41) is 8.40. The quantitative estimate of drug-likeness (QED) is 0.871. The Bertz CT molecular complexity index is 900. The third-order valence-corrected chi connectivity index (χ3v) is 5.70. The van der Waals surface area contributed by atoms with Crippen molar-refractivity contribution in [3.05, 3.63) is 47.2 Å². The van der Waals surface area contributed by atoms with E-state index < -0.39 is 29.2 Å². The first-order chi connectivity index (χ1) is 12.9. The van der Waals surface area contributed by atoms with Crippen LogP contribution in [0.2, 0.25) is 0 Å². The molecular formula is C20H21F2N3O2. The molecular weight excluding hydrogens is 352 g/mol.